The van der Waals surface area contributed by atoms with Crippen molar-refractivity contribution in [1.29, 1.82) is 0 Å². The van der Waals surface area contributed by atoms with Gasteiger partial charge in [-0.1, -0.05) is 12.1 Å². The quantitative estimate of drug-likeness (QED) is 0.287. The Morgan fingerprint density at radius 1 is 1.06 bits per heavy atom. The van der Waals surface area contributed by atoms with E-state index in [9.17, 15) is 0 Å². The molecule has 0 amide bonds. The van der Waals surface area contributed by atoms with Crippen LogP contribution in [0, 0.1) is 0 Å². The number of hydrogen-bond acceptors (Lipinski definition) is 7. The summed E-state index contributed by atoms with van der Waals surface area (Å²) in [7, 11) is 1.72. The molecule has 0 fully saturated rings. The molecule has 3 rings (SSSR count). The molecule has 34 heavy (non-hydrogen) atoms. The second-order valence-corrected chi connectivity index (χ2v) is 7.76. The minimum absolute atomic E-state index is 0.623. The molecule has 0 saturated heterocycles. The summed E-state index contributed by atoms with van der Waals surface area (Å²) in [5.74, 6) is -1.93. The van der Waals surface area contributed by atoms with Gasteiger partial charge in [0.2, 0.25) is 5.95 Å². The molecule has 0 radical (unpaired) electrons. The van der Waals surface area contributed by atoms with E-state index in [1.54, 1.807) is 18.9 Å². The standard InChI is InChI=1S/C22H27N3O2S.C2H2O4/c1-4-27-19-9-7-18(8-10-19)21-16-24-22(25(21)13-14-26-2)23-15-17-5-11-20(28-3)12-6-17;3-1(4)2(5)6/h5-12,16H,4,13-15H2,1-3H3,(H,23,24);(H,3,4)(H,5,6). The van der Waals surface area contributed by atoms with Crippen LogP contribution in [0.25, 0.3) is 11.3 Å². The lowest BCUT2D eigenvalue weighted by atomic mass is 10.1. The lowest BCUT2D eigenvalue weighted by Crippen LogP contribution is -2.11. The number of aliphatic carboxylic acids is 2. The van der Waals surface area contributed by atoms with Gasteiger partial charge in [-0.05, 0) is 55.1 Å². The largest absolute Gasteiger partial charge is 0.494 e. The van der Waals surface area contributed by atoms with Crippen LogP contribution in [-0.2, 0) is 27.4 Å². The zero-order valence-corrected chi connectivity index (χ0v) is 20.2. The van der Waals surface area contributed by atoms with Gasteiger partial charge in [-0.15, -0.1) is 11.8 Å². The number of anilines is 1. The molecule has 1 heterocycles. The van der Waals surface area contributed by atoms with E-state index in [2.05, 4.69) is 57.5 Å². The van der Waals surface area contributed by atoms with Gasteiger partial charge in [0.1, 0.15) is 5.75 Å². The Labute approximate surface area is 202 Å². The lowest BCUT2D eigenvalue weighted by Gasteiger charge is -2.13. The first-order chi connectivity index (χ1) is 16.4. The molecule has 182 valence electrons. The molecule has 0 aliphatic rings. The van der Waals surface area contributed by atoms with Crippen molar-refractivity contribution in [2.45, 2.75) is 24.9 Å². The van der Waals surface area contributed by atoms with Crippen molar-refractivity contribution in [2.24, 2.45) is 0 Å². The number of aromatic nitrogens is 2. The Balaban J connectivity index is 0.000000604. The van der Waals surface area contributed by atoms with Crippen molar-refractivity contribution >= 4 is 29.6 Å². The van der Waals surface area contributed by atoms with Gasteiger partial charge >= 0.3 is 11.9 Å². The third-order valence-corrected chi connectivity index (χ3v) is 5.37. The van der Waals surface area contributed by atoms with Gasteiger partial charge < -0.3 is 29.6 Å². The van der Waals surface area contributed by atoms with Crippen LogP contribution >= 0.6 is 11.8 Å². The monoisotopic (exact) mass is 487 g/mol. The Hall–Kier alpha value is -3.50. The number of hydrogen-bond donors (Lipinski definition) is 3. The Morgan fingerprint density at radius 2 is 1.71 bits per heavy atom. The molecule has 0 spiro atoms. The highest BCUT2D eigenvalue weighted by atomic mass is 32.2. The summed E-state index contributed by atoms with van der Waals surface area (Å²) in [6.07, 6.45) is 3.99. The summed E-state index contributed by atoms with van der Waals surface area (Å²) in [5, 5.41) is 18.2. The van der Waals surface area contributed by atoms with Crippen LogP contribution in [0.4, 0.5) is 5.95 Å². The Morgan fingerprint density at radius 3 is 2.24 bits per heavy atom. The highest BCUT2D eigenvalue weighted by molar-refractivity contribution is 7.98. The molecule has 3 N–H and O–H groups in total. The molecule has 0 aliphatic heterocycles. The third kappa shape index (κ3) is 8.13. The van der Waals surface area contributed by atoms with Crippen molar-refractivity contribution in [3.8, 4) is 17.0 Å². The van der Waals surface area contributed by atoms with Crippen LogP contribution in [0.2, 0.25) is 0 Å². The smallest absolute Gasteiger partial charge is 0.414 e. The number of thioether (sulfide) groups is 1. The van der Waals surface area contributed by atoms with E-state index in [0.717, 1.165) is 36.0 Å². The van der Waals surface area contributed by atoms with E-state index < -0.39 is 11.9 Å². The average Bonchev–Trinajstić information content (AvgIpc) is 3.25. The summed E-state index contributed by atoms with van der Waals surface area (Å²) in [4.78, 5) is 24.1. The van der Waals surface area contributed by atoms with Crippen molar-refractivity contribution in [3.63, 3.8) is 0 Å². The van der Waals surface area contributed by atoms with Crippen molar-refractivity contribution in [2.75, 3.05) is 31.9 Å². The first-order valence-corrected chi connectivity index (χ1v) is 11.7. The Bertz CT molecular complexity index is 1040. The maximum absolute atomic E-state index is 9.10. The fraction of sp³-hybridized carbons (Fsp3) is 0.292. The van der Waals surface area contributed by atoms with Crippen LogP contribution in [0.1, 0.15) is 12.5 Å². The third-order valence-electron chi connectivity index (χ3n) is 4.63. The molecule has 0 unspecified atom stereocenters. The number of carboxylic acid groups (broad SMARTS) is 2. The number of ether oxygens (including phenoxy) is 2. The summed E-state index contributed by atoms with van der Waals surface area (Å²) >= 11 is 1.75. The van der Waals surface area contributed by atoms with Gasteiger partial charge in [-0.25, -0.2) is 14.6 Å². The van der Waals surface area contributed by atoms with Crippen LogP contribution in [0.3, 0.4) is 0 Å². The summed E-state index contributed by atoms with van der Waals surface area (Å²) in [6.45, 7) is 4.73. The minimum Gasteiger partial charge on any atom is -0.494 e. The maximum Gasteiger partial charge on any atom is 0.414 e. The van der Waals surface area contributed by atoms with E-state index in [4.69, 9.17) is 29.3 Å². The van der Waals surface area contributed by atoms with E-state index in [1.807, 2.05) is 25.3 Å². The average molecular weight is 488 g/mol. The molecule has 0 aliphatic carbocycles. The molecule has 9 nitrogen and oxygen atoms in total. The molecule has 3 aromatic rings. The second kappa shape index (κ2) is 13.9. The van der Waals surface area contributed by atoms with Gasteiger partial charge in [0.15, 0.2) is 0 Å². The topological polar surface area (TPSA) is 123 Å². The maximum atomic E-state index is 9.10. The summed E-state index contributed by atoms with van der Waals surface area (Å²) in [5.41, 5.74) is 3.38. The zero-order chi connectivity index (χ0) is 24.9. The molecule has 0 saturated carbocycles. The molecule has 1 aromatic heterocycles. The van der Waals surface area contributed by atoms with Gasteiger partial charge in [-0.2, -0.15) is 0 Å². The number of carboxylic acids is 2. The van der Waals surface area contributed by atoms with Crippen LogP contribution in [0.5, 0.6) is 5.75 Å². The fourth-order valence-electron chi connectivity index (χ4n) is 2.97. The van der Waals surface area contributed by atoms with Gasteiger partial charge in [0.05, 0.1) is 25.1 Å². The van der Waals surface area contributed by atoms with E-state index in [0.29, 0.717) is 13.2 Å². The molecule has 10 heteroatoms. The van der Waals surface area contributed by atoms with Crippen LogP contribution in [0.15, 0.2) is 59.6 Å². The van der Waals surface area contributed by atoms with E-state index >= 15 is 0 Å². The second-order valence-electron chi connectivity index (χ2n) is 6.88. The first-order valence-electron chi connectivity index (χ1n) is 10.5. The minimum atomic E-state index is -1.82. The molecular formula is C24H29N3O6S. The highest BCUT2D eigenvalue weighted by Crippen LogP contribution is 2.26. The van der Waals surface area contributed by atoms with Crippen LogP contribution < -0.4 is 10.1 Å². The number of benzene rings is 2. The fourth-order valence-corrected chi connectivity index (χ4v) is 3.38. The van der Waals surface area contributed by atoms with Gasteiger partial charge in [-0.3, -0.25) is 0 Å². The molecule has 2 aromatic carbocycles. The highest BCUT2D eigenvalue weighted by Gasteiger charge is 2.12. The number of nitrogens with one attached hydrogen (secondary N) is 1. The van der Waals surface area contributed by atoms with Gasteiger partial charge in [0, 0.05) is 30.7 Å². The number of carbonyl (C=O) groups is 2. The lowest BCUT2D eigenvalue weighted by molar-refractivity contribution is -0.159. The zero-order valence-electron chi connectivity index (χ0n) is 19.4. The van der Waals surface area contributed by atoms with Crippen molar-refractivity contribution in [1.82, 2.24) is 9.55 Å². The number of imidazole rings is 1. The van der Waals surface area contributed by atoms with Crippen molar-refractivity contribution in [3.05, 3.63) is 60.3 Å². The van der Waals surface area contributed by atoms with Crippen molar-refractivity contribution < 1.29 is 29.3 Å². The summed E-state index contributed by atoms with van der Waals surface area (Å²) in [6, 6.07) is 16.7. The SMILES string of the molecule is CCOc1ccc(-c2cnc(NCc3ccc(SC)cc3)n2CCOC)cc1.O=C(O)C(=O)O. The Kier molecular flexibility index (Phi) is 10.9. The summed E-state index contributed by atoms with van der Waals surface area (Å²) < 4.78 is 13.0. The predicted molar refractivity (Wildman–Crippen MR) is 132 cm³/mol. The molecule has 0 atom stereocenters. The first kappa shape index (κ1) is 26.7. The number of nitrogens with zero attached hydrogens (tertiary/aromatic N) is 2. The normalized spacial score (nSPS) is 10.2. The predicted octanol–water partition coefficient (Wildman–Crippen LogP) is 4.08. The molecular weight excluding hydrogens is 458 g/mol. The van der Waals surface area contributed by atoms with E-state index in [1.165, 1.54) is 10.5 Å². The van der Waals surface area contributed by atoms with Gasteiger partial charge in [0.25, 0.3) is 0 Å². The van der Waals surface area contributed by atoms with Crippen LogP contribution in [-0.4, -0.2) is 58.3 Å². The number of methoxy groups -OCH3 is 1. The molecule has 0 bridgehead atoms. The number of rotatable bonds is 10. The van der Waals surface area contributed by atoms with E-state index in [-0.39, 0.29) is 0 Å².